The lowest BCUT2D eigenvalue weighted by atomic mass is 9.69. The summed E-state index contributed by atoms with van der Waals surface area (Å²) in [6.45, 7) is 10.8. The van der Waals surface area contributed by atoms with Gasteiger partial charge in [-0.15, -0.1) is 0 Å². The average Bonchev–Trinajstić information content (AvgIpc) is 2.37. The van der Waals surface area contributed by atoms with E-state index in [0.717, 1.165) is 23.0 Å². The highest BCUT2D eigenvalue weighted by Gasteiger charge is 2.31. The lowest BCUT2D eigenvalue weighted by molar-refractivity contribution is 0.167. The van der Waals surface area contributed by atoms with Crippen molar-refractivity contribution in [1.29, 1.82) is 0 Å². The van der Waals surface area contributed by atoms with E-state index in [1.54, 1.807) is 13.1 Å². The molecule has 0 aliphatic heterocycles. The predicted molar refractivity (Wildman–Crippen MR) is 81.6 cm³/mol. The first-order valence-electron chi connectivity index (χ1n) is 7.80. The Morgan fingerprint density at radius 2 is 1.80 bits per heavy atom. The third-order valence-electron chi connectivity index (χ3n) is 4.80. The molecule has 1 aromatic rings. The minimum Gasteiger partial charge on any atom is -0.389 e. The van der Waals surface area contributed by atoms with Crippen molar-refractivity contribution in [3.8, 4) is 0 Å². The molecule has 0 bridgehead atoms. The first kappa shape index (κ1) is 15.4. The van der Waals surface area contributed by atoms with Crippen molar-refractivity contribution in [1.82, 2.24) is 9.97 Å². The number of hydrogen-bond donors (Lipinski definition) is 1. The quantitative estimate of drug-likeness (QED) is 0.882. The van der Waals surface area contributed by atoms with Crippen LogP contribution in [-0.4, -0.2) is 15.1 Å². The molecule has 1 atom stereocenters. The summed E-state index contributed by atoms with van der Waals surface area (Å²) in [5.41, 5.74) is 2.18. The summed E-state index contributed by atoms with van der Waals surface area (Å²) in [5, 5.41) is 9.65. The van der Waals surface area contributed by atoms with Crippen molar-refractivity contribution in [2.75, 3.05) is 0 Å². The molecule has 1 aromatic heterocycles. The first-order chi connectivity index (χ1) is 9.29. The topological polar surface area (TPSA) is 46.0 Å². The minimum atomic E-state index is -0.485. The van der Waals surface area contributed by atoms with Crippen molar-refractivity contribution in [3.63, 3.8) is 0 Å². The van der Waals surface area contributed by atoms with Crippen LogP contribution < -0.4 is 0 Å². The van der Waals surface area contributed by atoms with Crippen LogP contribution in [0.1, 0.15) is 82.5 Å². The fraction of sp³-hybridized carbons (Fsp3) is 0.765. The van der Waals surface area contributed by atoms with Crippen molar-refractivity contribution >= 4 is 0 Å². The van der Waals surface area contributed by atoms with E-state index in [2.05, 4.69) is 30.7 Å². The van der Waals surface area contributed by atoms with E-state index in [0.29, 0.717) is 11.3 Å². The molecule has 0 saturated heterocycles. The van der Waals surface area contributed by atoms with Gasteiger partial charge in [0.15, 0.2) is 0 Å². The van der Waals surface area contributed by atoms with Crippen LogP contribution >= 0.6 is 0 Å². The van der Waals surface area contributed by atoms with Crippen LogP contribution in [0.3, 0.4) is 0 Å². The summed E-state index contributed by atoms with van der Waals surface area (Å²) in [6.07, 6.45) is 6.24. The molecule has 0 radical (unpaired) electrons. The van der Waals surface area contributed by atoms with Gasteiger partial charge in [-0.1, -0.05) is 20.8 Å². The van der Waals surface area contributed by atoms with E-state index >= 15 is 0 Å². The zero-order valence-corrected chi connectivity index (χ0v) is 13.5. The van der Waals surface area contributed by atoms with Gasteiger partial charge >= 0.3 is 0 Å². The zero-order valence-electron chi connectivity index (χ0n) is 13.5. The molecule has 0 unspecified atom stereocenters. The first-order valence-corrected chi connectivity index (χ1v) is 7.80. The number of nitrogens with zero attached hydrogens (tertiary/aromatic N) is 2. The lowest BCUT2D eigenvalue weighted by Crippen LogP contribution is -2.26. The highest BCUT2D eigenvalue weighted by Crippen LogP contribution is 2.42. The Balaban J connectivity index is 2.06. The number of aryl methyl sites for hydroxylation is 1. The summed E-state index contributed by atoms with van der Waals surface area (Å²) in [6, 6.07) is 0. The SMILES string of the molecule is Cc1nc(C2CCC(C(C)(C)C)CC2)ncc1[C@@H](C)O. The van der Waals surface area contributed by atoms with Gasteiger partial charge in [-0.05, 0) is 50.9 Å². The van der Waals surface area contributed by atoms with Gasteiger partial charge in [0.25, 0.3) is 0 Å². The maximum Gasteiger partial charge on any atom is 0.131 e. The monoisotopic (exact) mass is 276 g/mol. The number of aliphatic hydroxyl groups excluding tert-OH is 1. The molecule has 112 valence electrons. The van der Waals surface area contributed by atoms with Gasteiger partial charge in [-0.25, -0.2) is 9.97 Å². The second-order valence-electron chi connectivity index (χ2n) is 7.36. The Morgan fingerprint density at radius 3 is 2.25 bits per heavy atom. The highest BCUT2D eigenvalue weighted by atomic mass is 16.3. The van der Waals surface area contributed by atoms with Crippen LogP contribution in [0.2, 0.25) is 0 Å². The summed E-state index contributed by atoms with van der Waals surface area (Å²) in [7, 11) is 0. The second kappa shape index (κ2) is 5.80. The molecule has 0 aromatic carbocycles. The summed E-state index contributed by atoms with van der Waals surface area (Å²) < 4.78 is 0. The molecule has 1 aliphatic rings. The fourth-order valence-electron chi connectivity index (χ4n) is 3.32. The lowest BCUT2D eigenvalue weighted by Gasteiger charge is -2.36. The Labute approximate surface area is 122 Å². The maximum atomic E-state index is 9.65. The number of hydrogen-bond acceptors (Lipinski definition) is 3. The summed E-state index contributed by atoms with van der Waals surface area (Å²) in [5.74, 6) is 2.28. The van der Waals surface area contributed by atoms with Crippen molar-refractivity contribution in [3.05, 3.63) is 23.3 Å². The molecule has 3 nitrogen and oxygen atoms in total. The smallest absolute Gasteiger partial charge is 0.131 e. The third-order valence-corrected chi connectivity index (χ3v) is 4.80. The summed E-state index contributed by atoms with van der Waals surface area (Å²) >= 11 is 0. The van der Waals surface area contributed by atoms with E-state index in [4.69, 9.17) is 0 Å². The van der Waals surface area contributed by atoms with Crippen LogP contribution in [0, 0.1) is 18.3 Å². The van der Waals surface area contributed by atoms with Crippen LogP contribution in [0.25, 0.3) is 0 Å². The Morgan fingerprint density at radius 1 is 1.20 bits per heavy atom. The minimum absolute atomic E-state index is 0.415. The Kier molecular flexibility index (Phi) is 4.48. The molecule has 1 N–H and O–H groups in total. The van der Waals surface area contributed by atoms with Gasteiger partial charge in [0.1, 0.15) is 5.82 Å². The predicted octanol–water partition coefficient (Wildman–Crippen LogP) is 4.16. The van der Waals surface area contributed by atoms with Gasteiger partial charge in [0, 0.05) is 23.4 Å². The van der Waals surface area contributed by atoms with Crippen LogP contribution in [0.15, 0.2) is 6.20 Å². The van der Waals surface area contributed by atoms with Gasteiger partial charge in [0.2, 0.25) is 0 Å². The van der Waals surface area contributed by atoms with Crippen molar-refractivity contribution in [2.24, 2.45) is 11.3 Å². The standard InChI is InChI=1S/C17H28N2O/c1-11-15(12(2)20)10-18-16(19-11)13-6-8-14(9-7-13)17(3,4)5/h10,12-14,20H,6-9H2,1-5H3/t12-,13?,14?/m1/s1. The number of aromatic nitrogens is 2. The number of rotatable bonds is 2. The van der Waals surface area contributed by atoms with Crippen molar-refractivity contribution in [2.45, 2.75) is 72.3 Å². The molecule has 3 heteroatoms. The van der Waals surface area contributed by atoms with E-state index in [1.807, 2.05) is 6.92 Å². The molecule has 1 fully saturated rings. The molecule has 1 heterocycles. The normalized spacial score (nSPS) is 25.5. The molecular weight excluding hydrogens is 248 g/mol. The van der Waals surface area contributed by atoms with Gasteiger partial charge in [-0.3, -0.25) is 0 Å². The van der Waals surface area contributed by atoms with Gasteiger partial charge < -0.3 is 5.11 Å². The maximum absolute atomic E-state index is 9.65. The largest absolute Gasteiger partial charge is 0.389 e. The van der Waals surface area contributed by atoms with Crippen LogP contribution in [-0.2, 0) is 0 Å². The van der Waals surface area contributed by atoms with Gasteiger partial charge in [-0.2, -0.15) is 0 Å². The average molecular weight is 276 g/mol. The van der Waals surface area contributed by atoms with Crippen LogP contribution in [0.4, 0.5) is 0 Å². The molecular formula is C17H28N2O. The second-order valence-corrected chi connectivity index (χ2v) is 7.36. The molecule has 2 rings (SSSR count). The molecule has 1 aliphatic carbocycles. The number of aliphatic hydroxyl groups is 1. The Hall–Kier alpha value is -0.960. The summed E-state index contributed by atoms with van der Waals surface area (Å²) in [4.78, 5) is 9.13. The van der Waals surface area contributed by atoms with E-state index in [9.17, 15) is 5.11 Å². The van der Waals surface area contributed by atoms with E-state index < -0.39 is 6.10 Å². The fourth-order valence-corrected chi connectivity index (χ4v) is 3.32. The van der Waals surface area contributed by atoms with E-state index in [1.165, 1.54) is 25.7 Å². The zero-order chi connectivity index (χ0) is 14.9. The third kappa shape index (κ3) is 3.38. The van der Waals surface area contributed by atoms with E-state index in [-0.39, 0.29) is 0 Å². The Bertz CT molecular complexity index is 455. The molecule has 0 spiro atoms. The molecule has 0 amide bonds. The van der Waals surface area contributed by atoms with Crippen molar-refractivity contribution < 1.29 is 5.11 Å². The highest BCUT2D eigenvalue weighted by molar-refractivity contribution is 5.19. The van der Waals surface area contributed by atoms with Gasteiger partial charge in [0.05, 0.1) is 6.10 Å². The molecule has 20 heavy (non-hydrogen) atoms. The molecule has 1 saturated carbocycles. The van der Waals surface area contributed by atoms with Crippen LogP contribution in [0.5, 0.6) is 0 Å².